The molecule has 5 heteroatoms. The predicted molar refractivity (Wildman–Crippen MR) is 123 cm³/mol. The van der Waals surface area contributed by atoms with Crippen molar-refractivity contribution in [3.63, 3.8) is 0 Å². The average molecular weight is 433 g/mol. The second-order valence-corrected chi connectivity index (χ2v) is 7.91. The van der Waals surface area contributed by atoms with Crippen LogP contribution in [0.5, 0.6) is 17.2 Å². The zero-order valence-corrected chi connectivity index (χ0v) is 18.2. The maximum absolute atomic E-state index is 11.4. The maximum Gasteiger partial charge on any atom is 0.333 e. The first-order valence-electron chi connectivity index (χ1n) is 11.1. The van der Waals surface area contributed by atoms with E-state index in [1.54, 1.807) is 0 Å². The molecule has 1 unspecified atom stereocenters. The molecule has 5 nitrogen and oxygen atoms in total. The van der Waals surface area contributed by atoms with Gasteiger partial charge in [0.15, 0.2) is 6.10 Å². The Morgan fingerprint density at radius 3 is 2.16 bits per heavy atom. The zero-order valence-electron chi connectivity index (χ0n) is 18.2. The summed E-state index contributed by atoms with van der Waals surface area (Å²) in [5, 5.41) is 9.34. The van der Waals surface area contributed by atoms with Gasteiger partial charge in [-0.15, -0.1) is 0 Å². The van der Waals surface area contributed by atoms with Crippen molar-refractivity contribution in [2.24, 2.45) is 0 Å². The molecule has 0 fully saturated rings. The van der Waals surface area contributed by atoms with Crippen LogP contribution in [0.3, 0.4) is 0 Å². The zero-order chi connectivity index (χ0) is 22.3. The van der Waals surface area contributed by atoms with Gasteiger partial charge in [-0.2, -0.15) is 0 Å². The van der Waals surface area contributed by atoms with Crippen LogP contribution in [-0.4, -0.2) is 30.4 Å². The second kappa shape index (κ2) is 10.3. The number of carboxylic acids is 1. The number of carboxylic acid groups (broad SMARTS) is 1. The Balaban J connectivity index is 1.38. The van der Waals surface area contributed by atoms with Gasteiger partial charge in [0.05, 0.1) is 6.61 Å². The molecular formula is C27H28O5. The fourth-order valence-electron chi connectivity index (χ4n) is 4.03. The molecule has 0 saturated heterocycles. The number of carbonyl (C=O) groups is 1. The van der Waals surface area contributed by atoms with Gasteiger partial charge in [0.25, 0.3) is 0 Å². The van der Waals surface area contributed by atoms with Gasteiger partial charge in [-0.3, -0.25) is 0 Å². The van der Waals surface area contributed by atoms with E-state index in [0.29, 0.717) is 19.6 Å². The van der Waals surface area contributed by atoms with Gasteiger partial charge in [-0.25, -0.2) is 4.79 Å². The molecule has 0 aromatic heterocycles. The van der Waals surface area contributed by atoms with E-state index in [0.717, 1.165) is 35.7 Å². The van der Waals surface area contributed by atoms with Crippen LogP contribution in [0.2, 0.25) is 0 Å². The van der Waals surface area contributed by atoms with Gasteiger partial charge >= 0.3 is 5.97 Å². The standard InChI is InChI=1S/C27H28O5/c1-2-16-31-26(27(28)29)18-19-11-13-20(14-12-19)30-17-15-21-22-7-3-5-9-24(22)32-25-10-6-4-8-23(21)25/h3-14,21,26H,2,15-18H2,1H3,(H,28,29). The molecule has 1 atom stereocenters. The number of ether oxygens (including phenoxy) is 3. The van der Waals surface area contributed by atoms with Crippen molar-refractivity contribution >= 4 is 5.97 Å². The highest BCUT2D eigenvalue weighted by atomic mass is 16.5. The Bertz CT molecular complexity index is 998. The summed E-state index contributed by atoms with van der Waals surface area (Å²) in [6.45, 7) is 2.96. The molecule has 3 aromatic rings. The Morgan fingerprint density at radius 1 is 0.938 bits per heavy atom. The predicted octanol–water partition coefficient (Wildman–Crippen LogP) is 5.82. The van der Waals surface area contributed by atoms with E-state index in [1.165, 1.54) is 11.1 Å². The van der Waals surface area contributed by atoms with Crippen LogP contribution in [0.15, 0.2) is 72.8 Å². The fraction of sp³-hybridized carbons (Fsp3) is 0.296. The summed E-state index contributed by atoms with van der Waals surface area (Å²) in [7, 11) is 0. The van der Waals surface area contributed by atoms with E-state index in [2.05, 4.69) is 12.1 Å². The van der Waals surface area contributed by atoms with Crippen molar-refractivity contribution < 1.29 is 24.1 Å². The maximum atomic E-state index is 11.4. The first kappa shape index (κ1) is 21.9. The fourth-order valence-corrected chi connectivity index (χ4v) is 4.03. The Kier molecular flexibility index (Phi) is 7.07. The minimum atomic E-state index is -0.934. The molecule has 0 bridgehead atoms. The van der Waals surface area contributed by atoms with Crippen LogP contribution in [0.4, 0.5) is 0 Å². The topological polar surface area (TPSA) is 65.0 Å². The number of benzene rings is 3. The first-order valence-corrected chi connectivity index (χ1v) is 11.1. The molecule has 0 amide bonds. The number of hydrogen-bond acceptors (Lipinski definition) is 4. The van der Waals surface area contributed by atoms with Crippen molar-refractivity contribution in [3.8, 4) is 17.2 Å². The lowest BCUT2D eigenvalue weighted by Gasteiger charge is -2.28. The third-order valence-electron chi connectivity index (χ3n) is 5.63. The SMILES string of the molecule is CCCOC(Cc1ccc(OCCC2c3ccccc3Oc3ccccc32)cc1)C(=O)O. The van der Waals surface area contributed by atoms with Crippen LogP contribution in [0.25, 0.3) is 0 Å². The van der Waals surface area contributed by atoms with E-state index in [-0.39, 0.29) is 5.92 Å². The normalized spacial score (nSPS) is 13.5. The van der Waals surface area contributed by atoms with Gasteiger partial charge in [0.2, 0.25) is 0 Å². The Morgan fingerprint density at radius 2 is 1.56 bits per heavy atom. The molecule has 1 N–H and O–H groups in total. The van der Waals surface area contributed by atoms with Crippen molar-refractivity contribution in [1.29, 1.82) is 0 Å². The second-order valence-electron chi connectivity index (χ2n) is 7.91. The summed E-state index contributed by atoms with van der Waals surface area (Å²) in [5.41, 5.74) is 3.27. The molecule has 0 saturated carbocycles. The van der Waals surface area contributed by atoms with E-state index < -0.39 is 12.1 Å². The lowest BCUT2D eigenvalue weighted by atomic mass is 9.86. The highest BCUT2D eigenvalue weighted by molar-refractivity contribution is 5.72. The summed E-state index contributed by atoms with van der Waals surface area (Å²) in [6.07, 6.45) is 1.13. The third kappa shape index (κ3) is 5.11. The molecule has 1 aliphatic rings. The van der Waals surface area contributed by atoms with Gasteiger partial charge < -0.3 is 19.3 Å². The minimum absolute atomic E-state index is 0.211. The summed E-state index contributed by atoms with van der Waals surface area (Å²) in [5.74, 6) is 1.85. The van der Waals surface area contributed by atoms with Gasteiger partial charge in [-0.05, 0) is 42.7 Å². The quantitative estimate of drug-likeness (QED) is 0.438. The van der Waals surface area contributed by atoms with Gasteiger partial charge in [0, 0.05) is 30.1 Å². The molecule has 0 aliphatic carbocycles. The van der Waals surface area contributed by atoms with Crippen molar-refractivity contribution in [3.05, 3.63) is 89.5 Å². The van der Waals surface area contributed by atoms with Crippen LogP contribution >= 0.6 is 0 Å². The van der Waals surface area contributed by atoms with Crippen LogP contribution in [0.1, 0.15) is 42.4 Å². The first-order chi connectivity index (χ1) is 15.7. The number of aliphatic carboxylic acids is 1. The lowest BCUT2D eigenvalue weighted by Crippen LogP contribution is -2.26. The van der Waals surface area contributed by atoms with Crippen LogP contribution in [-0.2, 0) is 16.0 Å². The summed E-state index contributed by atoms with van der Waals surface area (Å²) < 4.78 is 17.5. The number of hydrogen-bond donors (Lipinski definition) is 1. The Labute approximate surface area is 188 Å². The largest absolute Gasteiger partial charge is 0.494 e. The summed E-state index contributed by atoms with van der Waals surface area (Å²) >= 11 is 0. The molecule has 4 rings (SSSR count). The monoisotopic (exact) mass is 432 g/mol. The highest BCUT2D eigenvalue weighted by Crippen LogP contribution is 2.45. The van der Waals surface area contributed by atoms with Crippen molar-refractivity contribution in [2.45, 2.75) is 38.2 Å². The molecule has 1 aliphatic heterocycles. The summed E-state index contributed by atoms with van der Waals surface area (Å²) in [6, 6.07) is 23.9. The molecular weight excluding hydrogens is 404 g/mol. The third-order valence-corrected chi connectivity index (χ3v) is 5.63. The molecule has 32 heavy (non-hydrogen) atoms. The van der Waals surface area contributed by atoms with Crippen molar-refractivity contribution in [2.75, 3.05) is 13.2 Å². The molecule has 0 radical (unpaired) electrons. The van der Waals surface area contributed by atoms with E-state index >= 15 is 0 Å². The molecule has 1 heterocycles. The van der Waals surface area contributed by atoms with Crippen molar-refractivity contribution in [1.82, 2.24) is 0 Å². The number of para-hydroxylation sites is 2. The van der Waals surface area contributed by atoms with E-state index in [4.69, 9.17) is 14.2 Å². The number of fused-ring (bicyclic) bond motifs is 2. The van der Waals surface area contributed by atoms with Gasteiger partial charge in [-0.1, -0.05) is 55.5 Å². The highest BCUT2D eigenvalue weighted by Gasteiger charge is 2.26. The smallest absolute Gasteiger partial charge is 0.333 e. The number of rotatable bonds is 10. The summed E-state index contributed by atoms with van der Waals surface area (Å²) in [4.78, 5) is 11.4. The minimum Gasteiger partial charge on any atom is -0.494 e. The van der Waals surface area contributed by atoms with Gasteiger partial charge in [0.1, 0.15) is 17.2 Å². The molecule has 3 aromatic carbocycles. The Hall–Kier alpha value is -3.31. The molecule has 0 spiro atoms. The average Bonchev–Trinajstić information content (AvgIpc) is 2.82. The van der Waals surface area contributed by atoms with E-state index in [9.17, 15) is 9.90 Å². The molecule has 166 valence electrons. The van der Waals surface area contributed by atoms with Crippen LogP contribution in [0, 0.1) is 0 Å². The lowest BCUT2D eigenvalue weighted by molar-refractivity contribution is -0.150. The van der Waals surface area contributed by atoms with Crippen LogP contribution < -0.4 is 9.47 Å². The van der Waals surface area contributed by atoms with E-state index in [1.807, 2.05) is 67.6 Å².